The first-order chi connectivity index (χ1) is 12.8. The van der Waals surface area contributed by atoms with Gasteiger partial charge in [0.05, 0.1) is 12.2 Å². The largest absolute Gasteiger partial charge is 0.463 e. The van der Waals surface area contributed by atoms with E-state index in [4.69, 9.17) is 4.74 Å². The first kappa shape index (κ1) is 20.3. The molecule has 27 heavy (non-hydrogen) atoms. The fourth-order valence-electron chi connectivity index (χ4n) is 2.81. The minimum absolute atomic E-state index is 0.0191. The van der Waals surface area contributed by atoms with Gasteiger partial charge in [0.15, 0.2) is 11.6 Å². The minimum Gasteiger partial charge on any atom is -0.463 e. The lowest BCUT2D eigenvalue weighted by atomic mass is 9.93. The Morgan fingerprint density at radius 2 is 2.04 bits per heavy atom. The third kappa shape index (κ3) is 4.21. The number of rotatable bonds is 6. The van der Waals surface area contributed by atoms with Gasteiger partial charge in [-0.1, -0.05) is 12.1 Å². The monoisotopic (exact) mass is 378 g/mol. The first-order valence-corrected chi connectivity index (χ1v) is 8.38. The molecule has 3 amide bonds. The number of halogens is 2. The Morgan fingerprint density at radius 1 is 1.33 bits per heavy atom. The van der Waals surface area contributed by atoms with Crippen LogP contribution in [0.2, 0.25) is 0 Å². The SMILES string of the molecule is C=CCCC(=O)N1C(=O)NC(C)=C(C(=O)OCC)C1c1ccc(F)c(F)c1. The van der Waals surface area contributed by atoms with Gasteiger partial charge in [-0.3, -0.25) is 9.69 Å². The molecule has 0 radical (unpaired) electrons. The number of nitrogens with zero attached hydrogens (tertiary/aromatic N) is 1. The molecule has 2 rings (SSSR count). The number of urea groups is 1. The third-order valence-electron chi connectivity index (χ3n) is 4.03. The molecule has 0 aliphatic carbocycles. The highest BCUT2D eigenvalue weighted by atomic mass is 19.2. The smallest absolute Gasteiger partial charge is 0.338 e. The number of imide groups is 1. The summed E-state index contributed by atoms with van der Waals surface area (Å²) in [5.41, 5.74) is 0.244. The van der Waals surface area contributed by atoms with Gasteiger partial charge >= 0.3 is 12.0 Å². The normalized spacial score (nSPS) is 16.8. The molecule has 0 bridgehead atoms. The van der Waals surface area contributed by atoms with E-state index in [1.807, 2.05) is 0 Å². The lowest BCUT2D eigenvalue weighted by Crippen LogP contribution is -2.51. The molecule has 0 aromatic heterocycles. The van der Waals surface area contributed by atoms with Crippen LogP contribution in [0.3, 0.4) is 0 Å². The van der Waals surface area contributed by atoms with Gasteiger partial charge in [0, 0.05) is 12.1 Å². The molecule has 0 fully saturated rings. The number of nitrogens with one attached hydrogen (secondary N) is 1. The number of amides is 3. The Kier molecular flexibility index (Phi) is 6.44. The van der Waals surface area contributed by atoms with E-state index in [1.54, 1.807) is 6.92 Å². The van der Waals surface area contributed by atoms with Crippen molar-refractivity contribution in [3.05, 3.63) is 59.3 Å². The molecule has 8 heteroatoms. The van der Waals surface area contributed by atoms with Crippen LogP contribution < -0.4 is 5.32 Å². The number of carbonyl (C=O) groups excluding carboxylic acids is 3. The molecule has 1 atom stereocenters. The fourth-order valence-corrected chi connectivity index (χ4v) is 2.81. The molecule has 1 unspecified atom stereocenters. The Hall–Kier alpha value is -3.03. The molecule has 0 spiro atoms. The number of ether oxygens (including phenoxy) is 1. The Bertz CT molecular complexity index is 820. The summed E-state index contributed by atoms with van der Waals surface area (Å²) in [7, 11) is 0. The molecule has 1 aromatic rings. The van der Waals surface area contributed by atoms with E-state index >= 15 is 0 Å². The second-order valence-electron chi connectivity index (χ2n) is 5.86. The van der Waals surface area contributed by atoms with Gasteiger partial charge in [-0.2, -0.15) is 0 Å². The summed E-state index contributed by atoms with van der Waals surface area (Å²) in [6.07, 6.45) is 1.79. The third-order valence-corrected chi connectivity index (χ3v) is 4.03. The van der Waals surface area contributed by atoms with E-state index in [0.717, 1.165) is 17.0 Å². The molecule has 1 aliphatic rings. The Labute approximate surface area is 155 Å². The average Bonchev–Trinajstić information content (AvgIpc) is 2.61. The van der Waals surface area contributed by atoms with Crippen molar-refractivity contribution in [2.45, 2.75) is 32.7 Å². The molecule has 1 aromatic carbocycles. The zero-order valence-electron chi connectivity index (χ0n) is 15.1. The predicted octanol–water partition coefficient (Wildman–Crippen LogP) is 3.36. The first-order valence-electron chi connectivity index (χ1n) is 8.38. The minimum atomic E-state index is -1.23. The van der Waals surface area contributed by atoms with Crippen LogP contribution in [0.25, 0.3) is 0 Å². The van der Waals surface area contributed by atoms with Crippen LogP contribution in [0.5, 0.6) is 0 Å². The molecule has 6 nitrogen and oxygen atoms in total. The van der Waals surface area contributed by atoms with E-state index in [2.05, 4.69) is 11.9 Å². The zero-order chi connectivity index (χ0) is 20.1. The lowest BCUT2D eigenvalue weighted by molar-refractivity contribution is -0.140. The van der Waals surface area contributed by atoms with Gasteiger partial charge in [0.2, 0.25) is 5.91 Å². The number of allylic oxidation sites excluding steroid dienone is 2. The van der Waals surface area contributed by atoms with E-state index < -0.39 is 35.6 Å². The van der Waals surface area contributed by atoms with Crippen molar-refractivity contribution in [1.29, 1.82) is 0 Å². The van der Waals surface area contributed by atoms with Crippen molar-refractivity contribution in [1.82, 2.24) is 10.2 Å². The van der Waals surface area contributed by atoms with E-state index in [1.165, 1.54) is 19.1 Å². The maximum atomic E-state index is 13.8. The summed E-state index contributed by atoms with van der Waals surface area (Å²) in [5.74, 6) is -3.58. The number of carbonyl (C=O) groups is 3. The van der Waals surface area contributed by atoms with Crippen molar-refractivity contribution < 1.29 is 27.9 Å². The summed E-state index contributed by atoms with van der Waals surface area (Å²) in [6, 6.07) is 0.970. The van der Waals surface area contributed by atoms with Crippen molar-refractivity contribution in [2.75, 3.05) is 6.61 Å². The van der Waals surface area contributed by atoms with Crippen molar-refractivity contribution >= 4 is 17.9 Å². The molecule has 0 saturated heterocycles. The van der Waals surface area contributed by atoms with Crippen molar-refractivity contribution in [3.8, 4) is 0 Å². The lowest BCUT2D eigenvalue weighted by Gasteiger charge is -2.36. The Morgan fingerprint density at radius 3 is 2.63 bits per heavy atom. The highest BCUT2D eigenvalue weighted by Gasteiger charge is 2.41. The Balaban J connectivity index is 2.62. The molecule has 1 N–H and O–H groups in total. The highest BCUT2D eigenvalue weighted by Crippen LogP contribution is 2.35. The van der Waals surface area contributed by atoms with Crippen molar-refractivity contribution in [2.24, 2.45) is 0 Å². The van der Waals surface area contributed by atoms with Gasteiger partial charge < -0.3 is 10.1 Å². The van der Waals surface area contributed by atoms with E-state index in [0.29, 0.717) is 6.42 Å². The second kappa shape index (κ2) is 8.57. The quantitative estimate of drug-likeness (QED) is 0.608. The maximum absolute atomic E-state index is 13.8. The molecule has 0 saturated carbocycles. The van der Waals surface area contributed by atoms with Crippen LogP contribution in [0.15, 0.2) is 42.1 Å². The summed E-state index contributed by atoms with van der Waals surface area (Å²) in [6.45, 7) is 6.68. The molecular weight excluding hydrogens is 358 g/mol. The van der Waals surface area contributed by atoms with Crippen LogP contribution in [0.4, 0.5) is 13.6 Å². The molecule has 144 valence electrons. The summed E-state index contributed by atoms with van der Waals surface area (Å²) in [4.78, 5) is 38.4. The summed E-state index contributed by atoms with van der Waals surface area (Å²) < 4.78 is 32.2. The number of esters is 1. The van der Waals surface area contributed by atoms with E-state index in [9.17, 15) is 23.2 Å². The standard InChI is InChI=1S/C19H20F2N2O4/c1-4-6-7-15(24)23-17(12-8-9-13(20)14(21)10-12)16(18(25)27-5-2)11(3)22-19(23)26/h4,8-10,17H,1,5-7H2,2-3H3,(H,22,26). The van der Waals surface area contributed by atoms with E-state index in [-0.39, 0.29) is 29.9 Å². The molecule has 1 aliphatic heterocycles. The van der Waals surface area contributed by atoms with Crippen molar-refractivity contribution in [3.63, 3.8) is 0 Å². The molecule has 1 heterocycles. The second-order valence-corrected chi connectivity index (χ2v) is 5.86. The summed E-state index contributed by atoms with van der Waals surface area (Å²) in [5, 5.41) is 2.45. The van der Waals surface area contributed by atoms with Crippen LogP contribution in [-0.4, -0.2) is 29.4 Å². The average molecular weight is 378 g/mol. The van der Waals surface area contributed by atoms with Gasteiger partial charge in [0.25, 0.3) is 0 Å². The fraction of sp³-hybridized carbons (Fsp3) is 0.316. The number of benzene rings is 1. The van der Waals surface area contributed by atoms with Crippen LogP contribution in [0.1, 0.15) is 38.3 Å². The van der Waals surface area contributed by atoms with Crippen LogP contribution in [0, 0.1) is 11.6 Å². The number of hydrogen-bond acceptors (Lipinski definition) is 4. The van der Waals surface area contributed by atoms with Gasteiger partial charge in [-0.15, -0.1) is 6.58 Å². The topological polar surface area (TPSA) is 75.7 Å². The zero-order valence-corrected chi connectivity index (χ0v) is 15.1. The van der Waals surface area contributed by atoms with Crippen LogP contribution >= 0.6 is 0 Å². The van der Waals surface area contributed by atoms with Gasteiger partial charge in [-0.05, 0) is 38.0 Å². The van der Waals surface area contributed by atoms with Gasteiger partial charge in [0.1, 0.15) is 6.04 Å². The van der Waals surface area contributed by atoms with Gasteiger partial charge in [-0.25, -0.2) is 18.4 Å². The maximum Gasteiger partial charge on any atom is 0.338 e. The predicted molar refractivity (Wildman–Crippen MR) is 93.2 cm³/mol. The summed E-state index contributed by atoms with van der Waals surface area (Å²) >= 11 is 0. The van der Waals surface area contributed by atoms with Crippen LogP contribution in [-0.2, 0) is 14.3 Å². The highest BCUT2D eigenvalue weighted by molar-refractivity contribution is 6.02. The number of hydrogen-bond donors (Lipinski definition) is 1. The molecular formula is C19H20F2N2O4.